The number of esters is 2. The minimum atomic E-state index is -4.39. The number of rotatable bonds is 61. The van der Waals surface area contributed by atoms with E-state index >= 15 is 0 Å². The van der Waals surface area contributed by atoms with Crippen LogP contribution in [-0.2, 0) is 32.7 Å². The van der Waals surface area contributed by atoms with Gasteiger partial charge in [-0.15, -0.1) is 0 Å². The van der Waals surface area contributed by atoms with Gasteiger partial charge in [-0.1, -0.05) is 305 Å². The molecule has 0 aliphatic heterocycles. The Bertz CT molecular complexity index is 1490. The standard InChI is InChI=1S/C67H122NO8P/c1-3-5-7-9-11-13-15-17-19-21-23-24-25-26-27-28-29-30-31-32-33-34-35-36-37-38-39-40-42-44-46-48-50-52-54-56-58-60-67(70)76-65(64-75-77(71,72)74-62-61-68)63-73-66(69)59-57-55-53-51-49-47-45-43-41-22-20-18-16-14-12-10-8-6-4-2/h5,7,11,13,17,19,23-24,26-27,29-30,65H,3-4,6,8-10,12,14-16,18,20-22,25,28,31-64,68H2,1-2H3,(H,71,72)/b7-5-,13-11-,19-17-,24-23-,27-26-,30-29-. The Morgan fingerprint density at radius 1 is 0.403 bits per heavy atom. The molecule has 9 nitrogen and oxygen atoms in total. The van der Waals surface area contributed by atoms with Gasteiger partial charge < -0.3 is 20.1 Å². The Kier molecular flexibility index (Phi) is 60.6. The quantitative estimate of drug-likeness (QED) is 0.0264. The maximum atomic E-state index is 12.7. The molecule has 0 aliphatic rings. The van der Waals surface area contributed by atoms with Crippen molar-refractivity contribution in [2.24, 2.45) is 5.73 Å². The molecule has 0 amide bonds. The Morgan fingerprint density at radius 3 is 1.06 bits per heavy atom. The van der Waals surface area contributed by atoms with Crippen LogP contribution in [0.5, 0.6) is 0 Å². The lowest BCUT2D eigenvalue weighted by Gasteiger charge is -2.19. The van der Waals surface area contributed by atoms with Crippen molar-refractivity contribution in [2.75, 3.05) is 26.4 Å². The molecule has 0 rings (SSSR count). The molecule has 77 heavy (non-hydrogen) atoms. The van der Waals surface area contributed by atoms with Crippen molar-refractivity contribution in [1.82, 2.24) is 0 Å². The first-order valence-electron chi connectivity index (χ1n) is 32.4. The smallest absolute Gasteiger partial charge is 0.462 e. The highest BCUT2D eigenvalue weighted by molar-refractivity contribution is 7.47. The molecule has 2 unspecified atom stereocenters. The third kappa shape index (κ3) is 62.5. The van der Waals surface area contributed by atoms with Gasteiger partial charge in [0, 0.05) is 19.4 Å². The van der Waals surface area contributed by atoms with Crippen LogP contribution in [0.4, 0.5) is 0 Å². The number of allylic oxidation sites excluding steroid dienone is 12. The molecule has 0 aromatic rings. The minimum Gasteiger partial charge on any atom is -0.462 e. The lowest BCUT2D eigenvalue weighted by atomic mass is 10.0. The van der Waals surface area contributed by atoms with E-state index in [0.717, 1.165) is 77.0 Å². The Labute approximate surface area is 475 Å². The van der Waals surface area contributed by atoms with Crippen LogP contribution < -0.4 is 5.73 Å². The number of ether oxygens (including phenoxy) is 2. The first-order valence-corrected chi connectivity index (χ1v) is 33.9. The Morgan fingerprint density at radius 2 is 0.714 bits per heavy atom. The predicted octanol–water partition coefficient (Wildman–Crippen LogP) is 20.9. The summed E-state index contributed by atoms with van der Waals surface area (Å²) >= 11 is 0. The van der Waals surface area contributed by atoms with Crippen LogP contribution in [0, 0.1) is 0 Å². The average molecular weight is 1100 g/mol. The molecular weight excluding hydrogens is 978 g/mol. The Hall–Kier alpha value is -2.55. The third-order valence-electron chi connectivity index (χ3n) is 14.1. The van der Waals surface area contributed by atoms with Gasteiger partial charge in [0.15, 0.2) is 6.10 Å². The molecule has 0 aliphatic carbocycles. The summed E-state index contributed by atoms with van der Waals surface area (Å²) < 4.78 is 33.1. The first-order chi connectivity index (χ1) is 37.8. The fraction of sp³-hybridized carbons (Fsp3) is 0.791. The second-order valence-electron chi connectivity index (χ2n) is 21.6. The van der Waals surface area contributed by atoms with Crippen LogP contribution in [0.15, 0.2) is 72.9 Å². The fourth-order valence-corrected chi connectivity index (χ4v) is 10.1. The summed E-state index contributed by atoms with van der Waals surface area (Å²) in [4.78, 5) is 35.3. The highest BCUT2D eigenvalue weighted by atomic mass is 31.2. The molecule has 0 aromatic carbocycles. The summed E-state index contributed by atoms with van der Waals surface area (Å²) in [5.74, 6) is -0.812. The van der Waals surface area contributed by atoms with Gasteiger partial charge in [-0.05, 0) is 64.2 Å². The van der Waals surface area contributed by atoms with Gasteiger partial charge in [-0.3, -0.25) is 18.6 Å². The number of hydrogen-bond acceptors (Lipinski definition) is 8. The predicted molar refractivity (Wildman–Crippen MR) is 330 cm³/mol. The van der Waals surface area contributed by atoms with Crippen molar-refractivity contribution in [1.29, 1.82) is 0 Å². The summed E-state index contributed by atoms with van der Waals surface area (Å²) in [5.41, 5.74) is 5.39. The van der Waals surface area contributed by atoms with E-state index in [4.69, 9.17) is 24.3 Å². The zero-order valence-electron chi connectivity index (χ0n) is 50.2. The van der Waals surface area contributed by atoms with Crippen molar-refractivity contribution < 1.29 is 37.6 Å². The third-order valence-corrected chi connectivity index (χ3v) is 15.1. The van der Waals surface area contributed by atoms with Gasteiger partial charge in [0.25, 0.3) is 0 Å². The topological polar surface area (TPSA) is 134 Å². The van der Waals surface area contributed by atoms with E-state index in [0.29, 0.717) is 6.42 Å². The molecule has 3 N–H and O–H groups in total. The van der Waals surface area contributed by atoms with Crippen LogP contribution in [0.1, 0.15) is 309 Å². The van der Waals surface area contributed by atoms with Crippen LogP contribution in [-0.4, -0.2) is 49.3 Å². The van der Waals surface area contributed by atoms with E-state index < -0.39 is 26.5 Å². The van der Waals surface area contributed by atoms with E-state index in [1.165, 1.54) is 199 Å². The molecule has 0 saturated carbocycles. The highest BCUT2D eigenvalue weighted by Crippen LogP contribution is 2.43. The monoisotopic (exact) mass is 1100 g/mol. The molecule has 0 bridgehead atoms. The van der Waals surface area contributed by atoms with Gasteiger partial charge in [0.1, 0.15) is 6.61 Å². The van der Waals surface area contributed by atoms with E-state index in [9.17, 15) is 19.0 Å². The van der Waals surface area contributed by atoms with Crippen molar-refractivity contribution in [2.45, 2.75) is 315 Å². The van der Waals surface area contributed by atoms with Crippen LogP contribution in [0.2, 0.25) is 0 Å². The summed E-state index contributed by atoms with van der Waals surface area (Å²) in [6, 6.07) is 0. The largest absolute Gasteiger partial charge is 0.472 e. The molecular formula is C67H122NO8P. The highest BCUT2D eigenvalue weighted by Gasteiger charge is 2.26. The molecule has 2 atom stereocenters. The number of nitrogens with two attached hydrogens (primary N) is 1. The number of carbonyl (C=O) groups excluding carboxylic acids is 2. The van der Waals surface area contributed by atoms with Gasteiger partial charge in [-0.25, -0.2) is 4.57 Å². The van der Waals surface area contributed by atoms with Gasteiger partial charge in [-0.2, -0.15) is 0 Å². The number of unbranched alkanes of at least 4 members (excludes halogenated alkanes) is 36. The summed E-state index contributed by atoms with van der Waals surface area (Å²) in [6.45, 7) is 3.68. The molecule has 0 heterocycles. The minimum absolute atomic E-state index is 0.0543. The van der Waals surface area contributed by atoms with Crippen LogP contribution in [0.25, 0.3) is 0 Å². The van der Waals surface area contributed by atoms with E-state index in [1.54, 1.807) is 0 Å². The first kappa shape index (κ1) is 74.5. The molecule has 0 spiro atoms. The summed E-state index contributed by atoms with van der Waals surface area (Å²) in [6.07, 6.45) is 81.2. The average Bonchev–Trinajstić information content (AvgIpc) is 3.42. The van der Waals surface area contributed by atoms with Crippen molar-refractivity contribution in [3.8, 4) is 0 Å². The second kappa shape index (κ2) is 62.6. The van der Waals surface area contributed by atoms with E-state index in [1.807, 2.05) is 0 Å². The molecule has 0 radical (unpaired) electrons. The normalized spacial score (nSPS) is 13.5. The van der Waals surface area contributed by atoms with Crippen LogP contribution >= 0.6 is 7.82 Å². The summed E-state index contributed by atoms with van der Waals surface area (Å²) in [7, 11) is -4.39. The SMILES string of the molecule is CC/C=C\C/C=C\C/C=C\C/C=C\C/C=C\C/C=C\CCCCCCCCCCCCCCCCCCCCC(=O)OC(COC(=O)CCCCCCCCCCCCCCCCCCCCC)COP(=O)(O)OCCN. The molecule has 0 aromatic heterocycles. The molecule has 448 valence electrons. The number of hydrogen-bond donors (Lipinski definition) is 2. The number of phosphoric ester groups is 1. The maximum Gasteiger partial charge on any atom is 0.472 e. The van der Waals surface area contributed by atoms with E-state index in [-0.39, 0.29) is 38.6 Å². The lowest BCUT2D eigenvalue weighted by molar-refractivity contribution is -0.161. The zero-order valence-corrected chi connectivity index (χ0v) is 51.1. The number of carbonyl (C=O) groups is 2. The van der Waals surface area contributed by atoms with Crippen molar-refractivity contribution in [3.63, 3.8) is 0 Å². The maximum absolute atomic E-state index is 12.7. The van der Waals surface area contributed by atoms with Crippen molar-refractivity contribution >= 4 is 19.8 Å². The summed E-state index contributed by atoms with van der Waals surface area (Å²) in [5, 5.41) is 0. The van der Waals surface area contributed by atoms with Gasteiger partial charge >= 0.3 is 19.8 Å². The van der Waals surface area contributed by atoms with E-state index in [2.05, 4.69) is 86.8 Å². The second-order valence-corrected chi connectivity index (χ2v) is 23.1. The molecule has 0 saturated heterocycles. The van der Waals surface area contributed by atoms with Gasteiger partial charge in [0.05, 0.1) is 13.2 Å². The number of phosphoric acid groups is 1. The fourth-order valence-electron chi connectivity index (χ4n) is 9.35. The van der Waals surface area contributed by atoms with Crippen molar-refractivity contribution in [3.05, 3.63) is 72.9 Å². The lowest BCUT2D eigenvalue weighted by Crippen LogP contribution is -2.29. The molecule has 0 fully saturated rings. The Balaban J connectivity index is 3.85. The zero-order chi connectivity index (χ0) is 55.9. The molecule has 10 heteroatoms. The van der Waals surface area contributed by atoms with Gasteiger partial charge in [0.2, 0.25) is 0 Å². The van der Waals surface area contributed by atoms with Crippen LogP contribution in [0.3, 0.4) is 0 Å².